The van der Waals surface area contributed by atoms with Gasteiger partial charge in [-0.25, -0.2) is 0 Å². The van der Waals surface area contributed by atoms with Gasteiger partial charge in [0.2, 0.25) is 0 Å². The van der Waals surface area contributed by atoms with Crippen LogP contribution in [0.15, 0.2) is 0 Å². The Hall–Kier alpha value is -0.0800. The molecule has 2 heteroatoms. The van der Waals surface area contributed by atoms with Crippen LogP contribution in [0.25, 0.3) is 0 Å². The van der Waals surface area contributed by atoms with Crippen molar-refractivity contribution in [3.63, 3.8) is 0 Å². The van der Waals surface area contributed by atoms with E-state index in [9.17, 15) is 0 Å². The first-order chi connectivity index (χ1) is 6.41. The van der Waals surface area contributed by atoms with Crippen LogP contribution in [-0.2, 0) is 4.74 Å². The molecule has 92 valence electrons. The second kappa shape index (κ2) is 4.84. The van der Waals surface area contributed by atoms with E-state index in [1.54, 1.807) is 0 Å². The molecular weight excluding hydrogens is 186 g/mol. The highest BCUT2D eigenvalue weighted by atomic mass is 16.5. The first kappa shape index (κ1) is 14.9. The maximum absolute atomic E-state index is 5.74. The van der Waals surface area contributed by atoms with E-state index in [0.29, 0.717) is 0 Å². The fourth-order valence-corrected chi connectivity index (χ4v) is 1.69. The van der Waals surface area contributed by atoms with Crippen molar-refractivity contribution < 1.29 is 4.74 Å². The molecule has 1 N–H and O–H groups in total. The first-order valence-electron chi connectivity index (χ1n) is 5.85. The third kappa shape index (κ3) is 10.2. The Balaban J connectivity index is 3.95. The van der Waals surface area contributed by atoms with Crippen LogP contribution >= 0.6 is 0 Å². The fourth-order valence-electron chi connectivity index (χ4n) is 1.69. The summed E-state index contributed by atoms with van der Waals surface area (Å²) in [7, 11) is 0. The van der Waals surface area contributed by atoms with E-state index in [1.165, 1.54) is 0 Å². The average Bonchev–Trinajstić information content (AvgIpc) is 1.75. The molecule has 0 aromatic rings. The van der Waals surface area contributed by atoms with Gasteiger partial charge in [-0.05, 0) is 61.8 Å². The Morgan fingerprint density at radius 3 is 1.67 bits per heavy atom. The molecule has 0 aromatic heterocycles. The molecule has 0 aliphatic heterocycles. The number of rotatable bonds is 4. The Labute approximate surface area is 95.8 Å². The zero-order chi connectivity index (χ0) is 12.3. The maximum atomic E-state index is 5.74. The number of hydrogen-bond acceptors (Lipinski definition) is 2. The molecule has 0 heterocycles. The fraction of sp³-hybridized carbons (Fsp3) is 1.00. The van der Waals surface area contributed by atoms with Crippen LogP contribution in [0.1, 0.15) is 61.8 Å². The molecule has 0 spiro atoms. The lowest BCUT2D eigenvalue weighted by Gasteiger charge is -2.35. The van der Waals surface area contributed by atoms with Gasteiger partial charge in [0, 0.05) is 17.7 Å². The minimum atomic E-state index is -0.0299. The zero-order valence-corrected chi connectivity index (χ0v) is 11.8. The lowest BCUT2D eigenvalue weighted by atomic mass is 9.96. The van der Waals surface area contributed by atoms with Gasteiger partial charge < -0.3 is 10.1 Å². The molecule has 0 aliphatic carbocycles. The van der Waals surface area contributed by atoms with E-state index in [-0.39, 0.29) is 16.7 Å². The minimum absolute atomic E-state index is 0.0299. The normalized spacial score (nSPS) is 14.4. The van der Waals surface area contributed by atoms with E-state index >= 15 is 0 Å². The van der Waals surface area contributed by atoms with Crippen LogP contribution < -0.4 is 5.32 Å². The largest absolute Gasteiger partial charge is 0.376 e. The molecule has 0 fully saturated rings. The summed E-state index contributed by atoms with van der Waals surface area (Å²) in [5, 5.41) is 3.60. The van der Waals surface area contributed by atoms with E-state index in [4.69, 9.17) is 4.74 Å². The van der Waals surface area contributed by atoms with Gasteiger partial charge in [-0.15, -0.1) is 0 Å². The molecule has 0 unspecified atom stereocenters. The molecular formula is C13H29NO. The van der Waals surface area contributed by atoms with Gasteiger partial charge in [-0.3, -0.25) is 0 Å². The molecule has 0 rings (SSSR count). The Kier molecular flexibility index (Phi) is 4.81. The zero-order valence-electron chi connectivity index (χ0n) is 11.8. The van der Waals surface area contributed by atoms with Crippen molar-refractivity contribution in [3.8, 4) is 0 Å². The molecule has 0 saturated heterocycles. The van der Waals surface area contributed by atoms with Crippen LogP contribution in [0.4, 0.5) is 0 Å². The summed E-state index contributed by atoms with van der Waals surface area (Å²) in [5.41, 5.74) is 0.256. The highest BCUT2D eigenvalue weighted by Gasteiger charge is 2.24. The van der Waals surface area contributed by atoms with Gasteiger partial charge in [-0.2, -0.15) is 0 Å². The smallest absolute Gasteiger partial charge is 0.0598 e. The van der Waals surface area contributed by atoms with Gasteiger partial charge >= 0.3 is 0 Å². The molecule has 2 nitrogen and oxygen atoms in total. The summed E-state index contributed by atoms with van der Waals surface area (Å²) in [6.45, 7) is 18.1. The second-order valence-corrected chi connectivity index (χ2v) is 6.97. The minimum Gasteiger partial charge on any atom is -0.376 e. The number of ether oxygens (including phenoxy) is 1. The van der Waals surface area contributed by atoms with E-state index in [0.717, 1.165) is 13.0 Å². The Bertz CT molecular complexity index is 184. The van der Waals surface area contributed by atoms with Crippen molar-refractivity contribution in [2.75, 3.05) is 6.61 Å². The second-order valence-electron chi connectivity index (χ2n) is 6.97. The predicted molar refractivity (Wildman–Crippen MR) is 67.3 cm³/mol. The molecule has 0 aliphatic rings. The Morgan fingerprint density at radius 2 is 1.33 bits per heavy atom. The van der Waals surface area contributed by atoms with Crippen molar-refractivity contribution >= 4 is 0 Å². The first-order valence-corrected chi connectivity index (χ1v) is 5.85. The summed E-state index contributed by atoms with van der Waals surface area (Å²) in [6, 6.07) is 0. The van der Waals surface area contributed by atoms with Crippen molar-refractivity contribution in [1.29, 1.82) is 0 Å². The molecule has 15 heavy (non-hydrogen) atoms. The van der Waals surface area contributed by atoms with Crippen molar-refractivity contribution in [2.45, 2.75) is 78.5 Å². The van der Waals surface area contributed by atoms with Gasteiger partial charge in [0.05, 0.1) is 5.60 Å². The van der Waals surface area contributed by atoms with Crippen LogP contribution in [0.2, 0.25) is 0 Å². The van der Waals surface area contributed by atoms with Gasteiger partial charge in [0.1, 0.15) is 0 Å². The predicted octanol–water partition coefficient (Wildman–Crippen LogP) is 3.36. The van der Waals surface area contributed by atoms with Gasteiger partial charge in [0.15, 0.2) is 0 Å². The van der Waals surface area contributed by atoms with Crippen molar-refractivity contribution in [1.82, 2.24) is 5.32 Å². The van der Waals surface area contributed by atoms with Crippen molar-refractivity contribution in [2.24, 2.45) is 0 Å². The van der Waals surface area contributed by atoms with Crippen molar-refractivity contribution in [3.05, 3.63) is 0 Å². The summed E-state index contributed by atoms with van der Waals surface area (Å²) >= 11 is 0. The lowest BCUT2D eigenvalue weighted by molar-refractivity contribution is -0.0128. The van der Waals surface area contributed by atoms with Crippen LogP contribution in [0, 0.1) is 0 Å². The number of hydrogen-bond donors (Lipinski definition) is 1. The quantitative estimate of drug-likeness (QED) is 0.776. The summed E-state index contributed by atoms with van der Waals surface area (Å²) in [5.74, 6) is 0. The third-order valence-corrected chi connectivity index (χ3v) is 1.98. The maximum Gasteiger partial charge on any atom is 0.0598 e. The van der Waals surface area contributed by atoms with E-state index in [1.807, 2.05) is 0 Å². The van der Waals surface area contributed by atoms with Crippen LogP contribution in [-0.4, -0.2) is 23.3 Å². The Morgan fingerprint density at radius 1 is 0.867 bits per heavy atom. The summed E-state index contributed by atoms with van der Waals surface area (Å²) < 4.78 is 5.74. The molecule has 0 bridgehead atoms. The monoisotopic (exact) mass is 215 g/mol. The standard InChI is InChI=1S/C13H29NO/c1-11(2,3)14-13(7,8)9-10-15-12(4,5)6/h14H,9-10H2,1-8H3. The molecule has 0 atom stereocenters. The lowest BCUT2D eigenvalue weighted by Crippen LogP contribution is -2.51. The average molecular weight is 215 g/mol. The molecule has 0 radical (unpaired) electrons. The highest BCUT2D eigenvalue weighted by molar-refractivity contribution is 4.85. The van der Waals surface area contributed by atoms with E-state index in [2.05, 4.69) is 60.7 Å². The van der Waals surface area contributed by atoms with Gasteiger partial charge in [-0.1, -0.05) is 0 Å². The van der Waals surface area contributed by atoms with Crippen LogP contribution in [0.3, 0.4) is 0 Å². The van der Waals surface area contributed by atoms with Gasteiger partial charge in [0.25, 0.3) is 0 Å². The highest BCUT2D eigenvalue weighted by Crippen LogP contribution is 2.16. The van der Waals surface area contributed by atoms with Crippen LogP contribution in [0.5, 0.6) is 0 Å². The molecule has 0 saturated carbocycles. The molecule has 0 aromatic carbocycles. The summed E-state index contributed by atoms with van der Waals surface area (Å²) in [4.78, 5) is 0. The molecule has 0 amide bonds. The van der Waals surface area contributed by atoms with E-state index < -0.39 is 0 Å². The third-order valence-electron chi connectivity index (χ3n) is 1.98. The number of nitrogens with one attached hydrogen (secondary N) is 1. The summed E-state index contributed by atoms with van der Waals surface area (Å²) in [6.07, 6.45) is 1.03. The SMILES string of the molecule is CC(C)(C)NC(C)(C)CCOC(C)(C)C. The topological polar surface area (TPSA) is 21.3 Å².